The van der Waals surface area contributed by atoms with E-state index < -0.39 is 16.0 Å². The van der Waals surface area contributed by atoms with E-state index in [9.17, 15) is 13.2 Å². The number of carbonyl (C=O) groups is 1. The number of hydrogen-bond donors (Lipinski definition) is 2. The number of fused-ring (bicyclic) bond motifs is 1. The van der Waals surface area contributed by atoms with Gasteiger partial charge in [0.05, 0.1) is 11.3 Å². The predicted octanol–water partition coefficient (Wildman–Crippen LogP) is 1.66. The molecular formula is C15H18N2O4S. The van der Waals surface area contributed by atoms with Gasteiger partial charge < -0.3 is 10.0 Å². The van der Waals surface area contributed by atoms with E-state index in [4.69, 9.17) is 5.11 Å². The summed E-state index contributed by atoms with van der Waals surface area (Å²) in [6.45, 7) is -0.137. The Kier molecular flexibility index (Phi) is 4.68. The molecular weight excluding hydrogens is 304 g/mol. The molecule has 0 spiro atoms. The summed E-state index contributed by atoms with van der Waals surface area (Å²) in [5.74, 6) is -1.05. The summed E-state index contributed by atoms with van der Waals surface area (Å²) in [5, 5.41) is 10.0. The van der Waals surface area contributed by atoms with Gasteiger partial charge in [-0.25, -0.2) is 13.1 Å². The van der Waals surface area contributed by atoms with Crippen LogP contribution in [0.25, 0.3) is 10.8 Å². The van der Waals surface area contributed by atoms with Crippen LogP contribution in [0.15, 0.2) is 41.3 Å². The first-order valence-corrected chi connectivity index (χ1v) is 8.22. The number of carboxylic acid groups (broad SMARTS) is 1. The van der Waals surface area contributed by atoms with Gasteiger partial charge in [0.15, 0.2) is 0 Å². The monoisotopic (exact) mass is 322 g/mol. The van der Waals surface area contributed by atoms with Crippen molar-refractivity contribution in [2.24, 2.45) is 0 Å². The van der Waals surface area contributed by atoms with Crippen molar-refractivity contribution in [3.63, 3.8) is 0 Å². The standard InChI is InChI=1S/C15H18N2O4S/c1-17(2)13-7-3-6-12-11(13)5-4-8-14(12)22(20,21)16-10-9-15(18)19/h3-8,16H,9-10H2,1-2H3,(H,18,19). The predicted molar refractivity (Wildman–Crippen MR) is 85.7 cm³/mol. The van der Waals surface area contributed by atoms with E-state index in [2.05, 4.69) is 4.72 Å². The van der Waals surface area contributed by atoms with Crippen LogP contribution in [-0.4, -0.2) is 40.1 Å². The van der Waals surface area contributed by atoms with Crippen molar-refractivity contribution in [3.05, 3.63) is 36.4 Å². The van der Waals surface area contributed by atoms with E-state index in [0.29, 0.717) is 5.39 Å². The number of nitrogens with one attached hydrogen (secondary N) is 1. The van der Waals surface area contributed by atoms with E-state index in [0.717, 1.165) is 11.1 Å². The lowest BCUT2D eigenvalue weighted by Crippen LogP contribution is -2.26. The summed E-state index contributed by atoms with van der Waals surface area (Å²) in [4.78, 5) is 12.6. The molecule has 0 aromatic heterocycles. The van der Waals surface area contributed by atoms with Gasteiger partial charge in [0.1, 0.15) is 0 Å². The minimum absolute atomic E-state index is 0.137. The Morgan fingerprint density at radius 3 is 2.41 bits per heavy atom. The van der Waals surface area contributed by atoms with Gasteiger partial charge in [0.25, 0.3) is 0 Å². The molecule has 0 bridgehead atoms. The first-order chi connectivity index (χ1) is 10.3. The van der Waals surface area contributed by atoms with Crippen LogP contribution in [0, 0.1) is 0 Å². The van der Waals surface area contributed by atoms with Gasteiger partial charge >= 0.3 is 5.97 Å². The maximum absolute atomic E-state index is 12.4. The topological polar surface area (TPSA) is 86.7 Å². The Labute approximate surface area is 129 Å². The first kappa shape index (κ1) is 16.3. The summed E-state index contributed by atoms with van der Waals surface area (Å²) < 4.78 is 27.1. The summed E-state index contributed by atoms with van der Waals surface area (Å²) in [5.41, 5.74) is 0.917. The van der Waals surface area contributed by atoms with Crippen molar-refractivity contribution < 1.29 is 18.3 Å². The number of rotatable bonds is 6. The van der Waals surface area contributed by atoms with Crippen LogP contribution in [0.2, 0.25) is 0 Å². The molecule has 0 aliphatic heterocycles. The van der Waals surface area contributed by atoms with Gasteiger partial charge in [0.2, 0.25) is 10.0 Å². The van der Waals surface area contributed by atoms with Crippen LogP contribution in [0.4, 0.5) is 5.69 Å². The fourth-order valence-electron chi connectivity index (χ4n) is 2.26. The Balaban J connectivity index is 2.47. The van der Waals surface area contributed by atoms with Gasteiger partial charge in [-0.15, -0.1) is 0 Å². The molecule has 7 heteroatoms. The molecule has 0 aliphatic rings. The molecule has 118 valence electrons. The molecule has 0 saturated carbocycles. The lowest BCUT2D eigenvalue weighted by atomic mass is 10.1. The van der Waals surface area contributed by atoms with Crippen molar-refractivity contribution in [1.29, 1.82) is 0 Å². The molecule has 0 fully saturated rings. The minimum Gasteiger partial charge on any atom is -0.481 e. The number of hydrogen-bond acceptors (Lipinski definition) is 4. The number of aliphatic carboxylic acids is 1. The smallest absolute Gasteiger partial charge is 0.304 e. The van der Waals surface area contributed by atoms with E-state index in [-0.39, 0.29) is 17.9 Å². The third kappa shape index (κ3) is 3.37. The fraction of sp³-hybridized carbons (Fsp3) is 0.267. The van der Waals surface area contributed by atoms with Crippen LogP contribution in [0.1, 0.15) is 6.42 Å². The number of sulfonamides is 1. The van der Waals surface area contributed by atoms with Crippen molar-refractivity contribution in [2.45, 2.75) is 11.3 Å². The Morgan fingerprint density at radius 1 is 1.14 bits per heavy atom. The normalized spacial score (nSPS) is 11.5. The zero-order chi connectivity index (χ0) is 16.3. The summed E-state index contributed by atoms with van der Waals surface area (Å²) in [7, 11) is 0.0230. The second-order valence-electron chi connectivity index (χ2n) is 5.06. The number of carboxylic acids is 1. The molecule has 0 atom stereocenters. The van der Waals surface area contributed by atoms with E-state index in [1.807, 2.05) is 31.1 Å². The highest BCUT2D eigenvalue weighted by Crippen LogP contribution is 2.29. The van der Waals surface area contributed by atoms with Gasteiger partial charge in [-0.05, 0) is 12.1 Å². The van der Waals surface area contributed by atoms with Crippen molar-refractivity contribution in [1.82, 2.24) is 4.72 Å². The summed E-state index contributed by atoms with van der Waals surface area (Å²) in [6, 6.07) is 10.5. The molecule has 0 amide bonds. The highest BCUT2D eigenvalue weighted by molar-refractivity contribution is 7.89. The average molecular weight is 322 g/mol. The van der Waals surface area contributed by atoms with Crippen LogP contribution < -0.4 is 9.62 Å². The molecule has 2 N–H and O–H groups in total. The lowest BCUT2D eigenvalue weighted by Gasteiger charge is -2.17. The van der Waals surface area contributed by atoms with Gasteiger partial charge in [-0.1, -0.05) is 24.3 Å². The zero-order valence-corrected chi connectivity index (χ0v) is 13.2. The van der Waals surface area contributed by atoms with Crippen molar-refractivity contribution in [2.75, 3.05) is 25.5 Å². The van der Waals surface area contributed by atoms with Crippen molar-refractivity contribution in [3.8, 4) is 0 Å². The number of nitrogens with zero attached hydrogens (tertiary/aromatic N) is 1. The van der Waals surface area contributed by atoms with Gasteiger partial charge in [-0.2, -0.15) is 0 Å². The van der Waals surface area contributed by atoms with E-state index in [1.165, 1.54) is 6.07 Å². The van der Waals surface area contributed by atoms with E-state index >= 15 is 0 Å². The molecule has 22 heavy (non-hydrogen) atoms. The van der Waals surface area contributed by atoms with Gasteiger partial charge in [-0.3, -0.25) is 4.79 Å². The van der Waals surface area contributed by atoms with Gasteiger partial charge in [0, 0.05) is 37.1 Å². The quantitative estimate of drug-likeness (QED) is 0.844. The summed E-state index contributed by atoms with van der Waals surface area (Å²) >= 11 is 0. The second-order valence-corrected chi connectivity index (χ2v) is 6.80. The second kappa shape index (κ2) is 6.33. The molecule has 6 nitrogen and oxygen atoms in total. The fourth-order valence-corrected chi connectivity index (χ4v) is 3.51. The minimum atomic E-state index is -3.76. The Morgan fingerprint density at radius 2 is 1.77 bits per heavy atom. The maximum Gasteiger partial charge on any atom is 0.304 e. The third-order valence-electron chi connectivity index (χ3n) is 3.26. The average Bonchev–Trinajstić information content (AvgIpc) is 2.45. The Bertz CT molecular complexity index is 800. The highest BCUT2D eigenvalue weighted by atomic mass is 32.2. The third-order valence-corrected chi connectivity index (χ3v) is 4.78. The highest BCUT2D eigenvalue weighted by Gasteiger charge is 2.18. The molecule has 0 heterocycles. The van der Waals surface area contributed by atoms with Crippen LogP contribution in [0.3, 0.4) is 0 Å². The summed E-state index contributed by atoms with van der Waals surface area (Å²) in [6.07, 6.45) is -0.257. The molecule has 0 unspecified atom stereocenters. The number of benzene rings is 2. The van der Waals surface area contributed by atoms with Crippen LogP contribution in [0.5, 0.6) is 0 Å². The number of anilines is 1. The van der Waals surface area contributed by atoms with Crippen LogP contribution >= 0.6 is 0 Å². The van der Waals surface area contributed by atoms with Crippen LogP contribution in [-0.2, 0) is 14.8 Å². The largest absolute Gasteiger partial charge is 0.481 e. The first-order valence-electron chi connectivity index (χ1n) is 6.73. The molecule has 0 saturated heterocycles. The van der Waals surface area contributed by atoms with E-state index in [1.54, 1.807) is 18.2 Å². The molecule has 2 rings (SSSR count). The lowest BCUT2D eigenvalue weighted by molar-refractivity contribution is -0.136. The Hall–Kier alpha value is -2.12. The maximum atomic E-state index is 12.4. The SMILES string of the molecule is CN(C)c1cccc2c(S(=O)(=O)NCCC(=O)O)cccc12. The molecule has 2 aromatic carbocycles. The van der Waals surface area contributed by atoms with Crippen molar-refractivity contribution >= 4 is 32.5 Å². The molecule has 0 aliphatic carbocycles. The molecule has 2 aromatic rings. The zero-order valence-electron chi connectivity index (χ0n) is 12.4. The molecule has 0 radical (unpaired) electrons.